The lowest BCUT2D eigenvalue weighted by Gasteiger charge is -2.10. The quantitative estimate of drug-likeness (QED) is 0.196. The van der Waals surface area contributed by atoms with Crippen LogP contribution in [0.5, 0.6) is 0 Å². The Morgan fingerprint density at radius 3 is 2.47 bits per heavy atom. The molecule has 5 nitrogen and oxygen atoms in total. The summed E-state index contributed by atoms with van der Waals surface area (Å²) in [4.78, 5) is 23.9. The fraction of sp³-hybridized carbons (Fsp3) is 0.400. The fourth-order valence-electron chi connectivity index (χ4n) is 3.42. The first kappa shape index (κ1) is 24.5. The van der Waals surface area contributed by atoms with Gasteiger partial charge < -0.3 is 10.1 Å². The Bertz CT molecular complexity index is 1020. The predicted molar refractivity (Wildman–Crippen MR) is 131 cm³/mol. The summed E-state index contributed by atoms with van der Waals surface area (Å²) in [6, 6.07) is 11.3. The van der Waals surface area contributed by atoms with Crippen LogP contribution in [0.4, 0.5) is 0 Å². The number of hydrogen-bond acceptors (Lipinski definition) is 5. The van der Waals surface area contributed by atoms with E-state index in [1.165, 1.54) is 0 Å². The molecule has 0 saturated carbocycles. The first-order valence-electron chi connectivity index (χ1n) is 11.1. The summed E-state index contributed by atoms with van der Waals surface area (Å²) in [6.45, 7) is 1.94. The molecule has 170 valence electrons. The number of aliphatic hydroxyl groups excluding tert-OH is 1. The van der Waals surface area contributed by atoms with Crippen molar-refractivity contribution in [1.82, 2.24) is 15.0 Å². The van der Waals surface area contributed by atoms with E-state index in [1.54, 1.807) is 24.2 Å². The highest BCUT2D eigenvalue weighted by molar-refractivity contribution is 7.99. The van der Waals surface area contributed by atoms with Crippen molar-refractivity contribution in [3.05, 3.63) is 86.6 Å². The second-order valence-corrected chi connectivity index (χ2v) is 9.52. The van der Waals surface area contributed by atoms with E-state index in [9.17, 15) is 9.90 Å². The summed E-state index contributed by atoms with van der Waals surface area (Å²) < 4.78 is 0. The van der Waals surface area contributed by atoms with Gasteiger partial charge in [-0.2, -0.15) is 0 Å². The van der Waals surface area contributed by atoms with Crippen LogP contribution in [0, 0.1) is 6.92 Å². The number of halogens is 1. The molecule has 0 amide bonds. The molecule has 0 aliphatic rings. The Balaban J connectivity index is 1.29. The first-order chi connectivity index (χ1) is 15.5. The summed E-state index contributed by atoms with van der Waals surface area (Å²) in [6.07, 6.45) is 9.81. The number of rotatable bonds is 12. The standard InChI is InChI=1S/C25H30ClN3O2S/c1-18-8-9-19(16-27-18)15-21-17-28-25(29-24(21)31)32-14-6-4-2-3-5-7-23(30)20-10-12-22(26)13-11-20/h8-13,16-17,23,30H,2-7,14-15H2,1H3,(H,28,29,31). The maximum Gasteiger partial charge on any atom is 0.255 e. The third-order valence-electron chi connectivity index (χ3n) is 5.33. The zero-order valence-electron chi connectivity index (χ0n) is 18.4. The van der Waals surface area contributed by atoms with Crippen LogP contribution in [0.2, 0.25) is 5.02 Å². The van der Waals surface area contributed by atoms with Gasteiger partial charge in [0.05, 0.1) is 6.10 Å². The molecule has 0 spiro atoms. The zero-order chi connectivity index (χ0) is 22.8. The van der Waals surface area contributed by atoms with Crippen molar-refractivity contribution in [3.8, 4) is 0 Å². The van der Waals surface area contributed by atoms with Gasteiger partial charge in [0.2, 0.25) is 0 Å². The van der Waals surface area contributed by atoms with Gasteiger partial charge in [-0.15, -0.1) is 0 Å². The zero-order valence-corrected chi connectivity index (χ0v) is 20.0. The monoisotopic (exact) mass is 471 g/mol. The van der Waals surface area contributed by atoms with Crippen molar-refractivity contribution in [2.24, 2.45) is 0 Å². The molecule has 0 saturated heterocycles. The number of aromatic nitrogens is 3. The van der Waals surface area contributed by atoms with Gasteiger partial charge in [0, 0.05) is 40.8 Å². The molecule has 2 aromatic heterocycles. The lowest BCUT2D eigenvalue weighted by molar-refractivity contribution is 0.163. The lowest BCUT2D eigenvalue weighted by Crippen LogP contribution is -2.14. The Hall–Kier alpha value is -2.15. The second kappa shape index (κ2) is 12.8. The predicted octanol–water partition coefficient (Wildman–Crippen LogP) is 5.88. The van der Waals surface area contributed by atoms with Crippen LogP contribution >= 0.6 is 23.4 Å². The number of thioether (sulfide) groups is 1. The number of aliphatic hydroxyl groups is 1. The largest absolute Gasteiger partial charge is 0.388 e. The minimum Gasteiger partial charge on any atom is -0.388 e. The Kier molecular flexibility index (Phi) is 9.78. The molecule has 7 heteroatoms. The maximum atomic E-state index is 12.3. The highest BCUT2D eigenvalue weighted by Crippen LogP contribution is 2.22. The highest BCUT2D eigenvalue weighted by Gasteiger charge is 2.07. The first-order valence-corrected chi connectivity index (χ1v) is 12.4. The number of pyridine rings is 1. The molecule has 2 heterocycles. The van der Waals surface area contributed by atoms with Crippen LogP contribution in [0.3, 0.4) is 0 Å². The van der Waals surface area contributed by atoms with Gasteiger partial charge in [-0.1, -0.05) is 67.2 Å². The SMILES string of the molecule is Cc1ccc(Cc2cnc(SCCCCCCCC(O)c3ccc(Cl)cc3)[nH]c2=O)cn1. The molecule has 0 radical (unpaired) electrons. The van der Waals surface area contributed by atoms with Crippen LogP contribution in [-0.2, 0) is 6.42 Å². The molecular formula is C25H30ClN3O2S. The number of benzene rings is 1. The average Bonchev–Trinajstić information content (AvgIpc) is 2.79. The summed E-state index contributed by atoms with van der Waals surface area (Å²) >= 11 is 7.47. The van der Waals surface area contributed by atoms with Crippen LogP contribution < -0.4 is 5.56 Å². The summed E-state index contributed by atoms with van der Waals surface area (Å²) in [5.41, 5.74) is 3.46. The van der Waals surface area contributed by atoms with Crippen LogP contribution in [-0.4, -0.2) is 25.8 Å². The molecule has 0 fully saturated rings. The molecule has 3 rings (SSSR count). The molecule has 0 aliphatic carbocycles. The third kappa shape index (κ3) is 8.08. The molecular weight excluding hydrogens is 442 g/mol. The maximum absolute atomic E-state index is 12.3. The molecule has 1 unspecified atom stereocenters. The van der Waals surface area contributed by atoms with Crippen molar-refractivity contribution < 1.29 is 5.11 Å². The van der Waals surface area contributed by atoms with Crippen molar-refractivity contribution in [2.75, 3.05) is 5.75 Å². The lowest BCUT2D eigenvalue weighted by atomic mass is 10.0. The van der Waals surface area contributed by atoms with Gasteiger partial charge in [-0.05, 0) is 49.1 Å². The van der Waals surface area contributed by atoms with Gasteiger partial charge >= 0.3 is 0 Å². The van der Waals surface area contributed by atoms with Gasteiger partial charge in [0.1, 0.15) is 0 Å². The van der Waals surface area contributed by atoms with Crippen LogP contribution in [0.15, 0.2) is 58.7 Å². The molecule has 0 bridgehead atoms. The normalized spacial score (nSPS) is 12.1. The molecule has 1 aromatic carbocycles. The summed E-state index contributed by atoms with van der Waals surface area (Å²) in [5.74, 6) is 0.928. The van der Waals surface area contributed by atoms with E-state index in [1.807, 2.05) is 43.3 Å². The van der Waals surface area contributed by atoms with Gasteiger partial charge in [-0.25, -0.2) is 4.98 Å². The van der Waals surface area contributed by atoms with Gasteiger partial charge in [0.25, 0.3) is 5.56 Å². The van der Waals surface area contributed by atoms with Crippen molar-refractivity contribution in [2.45, 2.75) is 63.1 Å². The van der Waals surface area contributed by atoms with E-state index in [4.69, 9.17) is 11.6 Å². The number of nitrogens with zero attached hydrogens (tertiary/aromatic N) is 2. The van der Waals surface area contributed by atoms with E-state index >= 15 is 0 Å². The fourth-order valence-corrected chi connectivity index (χ4v) is 4.38. The number of unbranched alkanes of at least 4 members (excludes halogenated alkanes) is 4. The number of nitrogens with one attached hydrogen (secondary N) is 1. The van der Waals surface area contributed by atoms with E-state index in [-0.39, 0.29) is 5.56 Å². The van der Waals surface area contributed by atoms with Crippen molar-refractivity contribution >= 4 is 23.4 Å². The molecule has 32 heavy (non-hydrogen) atoms. The smallest absolute Gasteiger partial charge is 0.255 e. The minimum atomic E-state index is -0.420. The average molecular weight is 472 g/mol. The van der Waals surface area contributed by atoms with Crippen molar-refractivity contribution in [1.29, 1.82) is 0 Å². The van der Waals surface area contributed by atoms with E-state index in [2.05, 4.69) is 15.0 Å². The van der Waals surface area contributed by atoms with Gasteiger partial charge in [-0.3, -0.25) is 9.78 Å². The summed E-state index contributed by atoms with van der Waals surface area (Å²) in [7, 11) is 0. The van der Waals surface area contributed by atoms with Crippen LogP contribution in [0.25, 0.3) is 0 Å². The van der Waals surface area contributed by atoms with E-state index < -0.39 is 6.10 Å². The topological polar surface area (TPSA) is 78.9 Å². The Morgan fingerprint density at radius 1 is 1.00 bits per heavy atom. The highest BCUT2D eigenvalue weighted by atomic mass is 35.5. The molecule has 1 atom stereocenters. The van der Waals surface area contributed by atoms with Crippen molar-refractivity contribution in [3.63, 3.8) is 0 Å². The van der Waals surface area contributed by atoms with Crippen LogP contribution in [0.1, 0.15) is 67.0 Å². The Morgan fingerprint density at radius 2 is 1.75 bits per heavy atom. The van der Waals surface area contributed by atoms with E-state index in [0.717, 1.165) is 61.1 Å². The molecule has 3 aromatic rings. The number of aromatic amines is 1. The number of H-pyrrole nitrogens is 1. The minimum absolute atomic E-state index is 0.0812. The van der Waals surface area contributed by atoms with E-state index in [0.29, 0.717) is 22.2 Å². The van der Waals surface area contributed by atoms with Gasteiger partial charge in [0.15, 0.2) is 5.16 Å². The molecule has 2 N–H and O–H groups in total. The molecule has 0 aliphatic heterocycles. The number of hydrogen-bond donors (Lipinski definition) is 2. The number of aryl methyl sites for hydroxylation is 1. The summed E-state index contributed by atoms with van der Waals surface area (Å²) in [5, 5.41) is 11.6. The third-order valence-corrected chi connectivity index (χ3v) is 6.56. The second-order valence-electron chi connectivity index (χ2n) is 8.00. The Labute approximate surface area is 198 Å².